The molecular formula is C11H17NO4. The van der Waals surface area contributed by atoms with E-state index in [-0.39, 0.29) is 12.5 Å². The molecule has 5 nitrogen and oxygen atoms in total. The predicted molar refractivity (Wildman–Crippen MR) is 60.0 cm³/mol. The van der Waals surface area contributed by atoms with Crippen molar-refractivity contribution in [3.05, 3.63) is 25.3 Å². The fraction of sp³-hybridized carbons (Fsp3) is 0.455. The number of rotatable bonds is 8. The molecule has 90 valence electrons. The van der Waals surface area contributed by atoms with Crippen molar-refractivity contribution < 1.29 is 19.4 Å². The normalized spacial score (nSPS) is 11.6. The van der Waals surface area contributed by atoms with Crippen molar-refractivity contribution in [1.29, 1.82) is 0 Å². The second-order valence-corrected chi connectivity index (χ2v) is 3.17. The second-order valence-electron chi connectivity index (χ2n) is 3.17. The molecule has 1 unspecified atom stereocenters. The predicted octanol–water partition coefficient (Wildman–Crippen LogP) is 0.677. The Kier molecular flexibility index (Phi) is 6.87. The van der Waals surface area contributed by atoms with Crippen LogP contribution < -0.4 is 0 Å². The second kappa shape index (κ2) is 7.64. The van der Waals surface area contributed by atoms with Crippen molar-refractivity contribution in [2.75, 3.05) is 19.7 Å². The highest BCUT2D eigenvalue weighted by atomic mass is 16.5. The number of nitrogens with zero attached hydrogens (tertiary/aromatic N) is 1. The molecule has 0 aromatic carbocycles. The van der Waals surface area contributed by atoms with E-state index in [0.29, 0.717) is 13.1 Å². The Hall–Kier alpha value is -1.62. The van der Waals surface area contributed by atoms with Gasteiger partial charge >= 0.3 is 5.97 Å². The van der Waals surface area contributed by atoms with Crippen LogP contribution in [0.2, 0.25) is 0 Å². The number of carboxylic acid groups (broad SMARTS) is 1. The highest BCUT2D eigenvalue weighted by molar-refractivity contribution is 5.78. The van der Waals surface area contributed by atoms with Gasteiger partial charge in [-0.2, -0.15) is 0 Å². The molecule has 0 saturated carbocycles. The molecule has 1 N–H and O–H groups in total. The van der Waals surface area contributed by atoms with Gasteiger partial charge in [0.05, 0.1) is 0 Å². The summed E-state index contributed by atoms with van der Waals surface area (Å²) in [5.74, 6) is -1.38. The molecule has 1 atom stereocenters. The summed E-state index contributed by atoms with van der Waals surface area (Å²) in [6.07, 6.45) is 2.18. The highest BCUT2D eigenvalue weighted by Crippen LogP contribution is 1.96. The summed E-state index contributed by atoms with van der Waals surface area (Å²) in [4.78, 5) is 23.5. The first kappa shape index (κ1) is 14.4. The van der Waals surface area contributed by atoms with Gasteiger partial charge in [-0.05, 0) is 6.92 Å². The van der Waals surface area contributed by atoms with Crippen LogP contribution in [0.25, 0.3) is 0 Å². The van der Waals surface area contributed by atoms with Crippen LogP contribution in [0.15, 0.2) is 25.3 Å². The van der Waals surface area contributed by atoms with Gasteiger partial charge in [-0.1, -0.05) is 12.2 Å². The summed E-state index contributed by atoms with van der Waals surface area (Å²) < 4.78 is 4.88. The molecule has 0 spiro atoms. The van der Waals surface area contributed by atoms with Crippen LogP contribution in [0.4, 0.5) is 0 Å². The maximum absolute atomic E-state index is 11.6. The van der Waals surface area contributed by atoms with Gasteiger partial charge in [0, 0.05) is 13.1 Å². The Bertz CT molecular complexity index is 265. The van der Waals surface area contributed by atoms with E-state index < -0.39 is 12.1 Å². The number of amides is 1. The van der Waals surface area contributed by atoms with Crippen molar-refractivity contribution in [3.8, 4) is 0 Å². The molecule has 0 aromatic heterocycles. The van der Waals surface area contributed by atoms with Gasteiger partial charge in [0.25, 0.3) is 0 Å². The zero-order valence-electron chi connectivity index (χ0n) is 9.39. The first-order valence-corrected chi connectivity index (χ1v) is 4.86. The largest absolute Gasteiger partial charge is 0.479 e. The fourth-order valence-electron chi connectivity index (χ4n) is 0.949. The summed E-state index contributed by atoms with van der Waals surface area (Å²) in [7, 11) is 0. The number of hydrogen-bond acceptors (Lipinski definition) is 3. The SMILES string of the molecule is C=CCN(CC=C)C(=O)COC(C)C(=O)O. The molecule has 0 aliphatic rings. The minimum atomic E-state index is -1.09. The van der Waals surface area contributed by atoms with Gasteiger partial charge in [-0.15, -0.1) is 13.2 Å². The van der Waals surface area contributed by atoms with E-state index in [2.05, 4.69) is 13.2 Å². The first-order valence-electron chi connectivity index (χ1n) is 4.86. The van der Waals surface area contributed by atoms with Gasteiger partial charge in [0.2, 0.25) is 5.91 Å². The molecule has 0 saturated heterocycles. The van der Waals surface area contributed by atoms with Crippen LogP contribution in [0.5, 0.6) is 0 Å². The Labute approximate surface area is 95.0 Å². The van der Waals surface area contributed by atoms with Gasteiger partial charge in [0.1, 0.15) is 6.61 Å². The molecule has 0 rings (SSSR count). The van der Waals surface area contributed by atoms with E-state index in [1.807, 2.05) is 0 Å². The van der Waals surface area contributed by atoms with Crippen LogP contribution in [0.3, 0.4) is 0 Å². The topological polar surface area (TPSA) is 66.8 Å². The molecule has 0 aromatic rings. The number of carboxylic acids is 1. The van der Waals surface area contributed by atoms with Gasteiger partial charge in [0.15, 0.2) is 6.10 Å². The third-order valence-corrected chi connectivity index (χ3v) is 1.86. The summed E-state index contributed by atoms with van der Waals surface area (Å²) in [5.41, 5.74) is 0. The third-order valence-electron chi connectivity index (χ3n) is 1.86. The molecule has 0 heterocycles. The molecule has 0 aliphatic heterocycles. The summed E-state index contributed by atoms with van der Waals surface area (Å²) in [6, 6.07) is 0. The van der Waals surface area contributed by atoms with E-state index in [9.17, 15) is 9.59 Å². The van der Waals surface area contributed by atoms with Crippen LogP contribution >= 0.6 is 0 Å². The lowest BCUT2D eigenvalue weighted by Crippen LogP contribution is -2.36. The van der Waals surface area contributed by atoms with Crippen LogP contribution in [0.1, 0.15) is 6.92 Å². The number of carbonyl (C=O) groups excluding carboxylic acids is 1. The molecule has 0 fully saturated rings. The van der Waals surface area contributed by atoms with E-state index in [1.165, 1.54) is 11.8 Å². The minimum Gasteiger partial charge on any atom is -0.479 e. The summed E-state index contributed by atoms with van der Waals surface area (Å²) in [5, 5.41) is 8.56. The standard InChI is InChI=1S/C11H17NO4/c1-4-6-12(7-5-2)10(13)8-16-9(3)11(14)15/h4-5,9H,1-2,6-8H2,3H3,(H,14,15). The van der Waals surface area contributed by atoms with E-state index in [1.54, 1.807) is 12.2 Å². The Morgan fingerprint density at radius 3 is 2.25 bits per heavy atom. The average Bonchev–Trinajstić information content (AvgIpc) is 2.24. The summed E-state index contributed by atoms with van der Waals surface area (Å²) in [6.45, 7) is 8.94. The van der Waals surface area contributed by atoms with Gasteiger partial charge < -0.3 is 14.7 Å². The fourth-order valence-corrected chi connectivity index (χ4v) is 0.949. The molecular weight excluding hydrogens is 210 g/mol. The Balaban J connectivity index is 4.14. The first-order chi connectivity index (χ1) is 7.52. The smallest absolute Gasteiger partial charge is 0.332 e. The lowest BCUT2D eigenvalue weighted by Gasteiger charge is -2.19. The van der Waals surface area contributed by atoms with Gasteiger partial charge in [-0.25, -0.2) is 4.79 Å². The van der Waals surface area contributed by atoms with E-state index in [4.69, 9.17) is 9.84 Å². The van der Waals surface area contributed by atoms with Gasteiger partial charge in [-0.3, -0.25) is 4.79 Å². The van der Waals surface area contributed by atoms with E-state index in [0.717, 1.165) is 0 Å². The number of aliphatic carboxylic acids is 1. The monoisotopic (exact) mass is 227 g/mol. The van der Waals surface area contributed by atoms with Crippen molar-refractivity contribution in [2.24, 2.45) is 0 Å². The minimum absolute atomic E-state index is 0.255. The number of hydrogen-bond donors (Lipinski definition) is 1. The highest BCUT2D eigenvalue weighted by Gasteiger charge is 2.16. The van der Waals surface area contributed by atoms with E-state index >= 15 is 0 Å². The summed E-state index contributed by atoms with van der Waals surface area (Å²) >= 11 is 0. The third kappa shape index (κ3) is 5.31. The zero-order chi connectivity index (χ0) is 12.6. The molecule has 0 aliphatic carbocycles. The Morgan fingerprint density at radius 2 is 1.88 bits per heavy atom. The maximum atomic E-state index is 11.6. The van der Waals surface area contributed by atoms with Crippen LogP contribution in [-0.4, -0.2) is 47.7 Å². The lowest BCUT2D eigenvalue weighted by atomic mass is 10.4. The number of ether oxygens (including phenoxy) is 1. The Morgan fingerprint density at radius 1 is 1.38 bits per heavy atom. The van der Waals surface area contributed by atoms with Crippen molar-refractivity contribution in [1.82, 2.24) is 4.90 Å². The molecule has 0 bridgehead atoms. The lowest BCUT2D eigenvalue weighted by molar-refractivity contribution is -0.152. The maximum Gasteiger partial charge on any atom is 0.332 e. The zero-order valence-corrected chi connectivity index (χ0v) is 9.39. The van der Waals surface area contributed by atoms with Crippen molar-refractivity contribution >= 4 is 11.9 Å². The molecule has 0 radical (unpaired) electrons. The molecule has 5 heteroatoms. The van der Waals surface area contributed by atoms with Crippen LogP contribution in [0, 0.1) is 0 Å². The van der Waals surface area contributed by atoms with Crippen molar-refractivity contribution in [2.45, 2.75) is 13.0 Å². The average molecular weight is 227 g/mol. The van der Waals surface area contributed by atoms with Crippen LogP contribution in [-0.2, 0) is 14.3 Å². The molecule has 16 heavy (non-hydrogen) atoms. The molecule has 1 amide bonds. The number of carbonyl (C=O) groups is 2. The van der Waals surface area contributed by atoms with Crippen molar-refractivity contribution in [3.63, 3.8) is 0 Å². The quantitative estimate of drug-likeness (QED) is 0.619.